The van der Waals surface area contributed by atoms with E-state index in [1.807, 2.05) is 31.3 Å². The van der Waals surface area contributed by atoms with E-state index in [1.165, 1.54) is 10.4 Å². The quantitative estimate of drug-likeness (QED) is 0.895. The van der Waals surface area contributed by atoms with Crippen LogP contribution in [0.4, 0.5) is 4.79 Å². The van der Waals surface area contributed by atoms with Gasteiger partial charge < -0.3 is 15.3 Å². The van der Waals surface area contributed by atoms with Crippen molar-refractivity contribution in [3.8, 4) is 0 Å². The average Bonchev–Trinajstić information content (AvgIpc) is 3.09. The Kier molecular flexibility index (Phi) is 5.16. The van der Waals surface area contributed by atoms with Gasteiger partial charge in [-0.3, -0.25) is 0 Å². The first-order valence-electron chi connectivity index (χ1n) is 8.34. The zero-order chi connectivity index (χ0) is 17.1. The highest BCUT2D eigenvalue weighted by atomic mass is 32.1. The van der Waals surface area contributed by atoms with Crippen LogP contribution in [0.2, 0.25) is 0 Å². The summed E-state index contributed by atoms with van der Waals surface area (Å²) in [4.78, 5) is 20.1. The lowest BCUT2D eigenvalue weighted by Crippen LogP contribution is -2.47. The van der Waals surface area contributed by atoms with Gasteiger partial charge in [0.1, 0.15) is 5.01 Å². The first-order valence-corrected chi connectivity index (χ1v) is 9.16. The van der Waals surface area contributed by atoms with Gasteiger partial charge in [0.15, 0.2) is 0 Å². The lowest BCUT2D eigenvalue weighted by Gasteiger charge is -2.36. The van der Waals surface area contributed by atoms with Crippen molar-refractivity contribution in [2.45, 2.75) is 38.8 Å². The molecule has 128 valence electrons. The van der Waals surface area contributed by atoms with Gasteiger partial charge in [0, 0.05) is 17.6 Å². The summed E-state index contributed by atoms with van der Waals surface area (Å²) in [6.45, 7) is 4.58. The maximum absolute atomic E-state index is 12.7. The number of fused-ring (bicyclic) bond motifs is 1. The molecule has 6 heteroatoms. The first-order chi connectivity index (χ1) is 11.6. The third-order valence-corrected chi connectivity index (χ3v) is 5.80. The SMILES string of the molecule is CCc1cnc([C@@H](C)NC(=O)N2CCc3ccccc3[C@H]2CO)s1. The van der Waals surface area contributed by atoms with Crippen molar-refractivity contribution in [1.82, 2.24) is 15.2 Å². The zero-order valence-electron chi connectivity index (χ0n) is 14.0. The van der Waals surface area contributed by atoms with Crippen LogP contribution in [0.3, 0.4) is 0 Å². The lowest BCUT2D eigenvalue weighted by molar-refractivity contribution is 0.125. The van der Waals surface area contributed by atoms with Gasteiger partial charge in [0.25, 0.3) is 0 Å². The fourth-order valence-corrected chi connectivity index (χ4v) is 3.97. The fraction of sp³-hybridized carbons (Fsp3) is 0.444. The molecule has 0 unspecified atom stereocenters. The van der Waals surface area contributed by atoms with Crippen molar-refractivity contribution in [3.05, 3.63) is 51.5 Å². The molecule has 24 heavy (non-hydrogen) atoms. The standard InChI is InChI=1S/C18H23N3O2S/c1-3-14-10-19-17(24-14)12(2)20-18(23)21-9-8-13-6-4-5-7-15(13)16(21)11-22/h4-7,10,12,16,22H,3,8-9,11H2,1-2H3,(H,20,23)/t12-,16-/m1/s1. The molecule has 0 spiro atoms. The molecule has 0 aliphatic carbocycles. The summed E-state index contributed by atoms with van der Waals surface area (Å²) in [6, 6.07) is 7.44. The number of rotatable bonds is 4. The molecular formula is C18H23N3O2S. The van der Waals surface area contributed by atoms with Crippen molar-refractivity contribution in [2.75, 3.05) is 13.2 Å². The summed E-state index contributed by atoms with van der Waals surface area (Å²) >= 11 is 1.63. The maximum atomic E-state index is 12.7. The van der Waals surface area contributed by atoms with Crippen LogP contribution in [0, 0.1) is 0 Å². The minimum absolute atomic E-state index is 0.0734. The van der Waals surface area contributed by atoms with Gasteiger partial charge in [-0.25, -0.2) is 9.78 Å². The van der Waals surface area contributed by atoms with Crippen molar-refractivity contribution in [1.29, 1.82) is 0 Å². The number of urea groups is 1. The molecule has 5 nitrogen and oxygen atoms in total. The number of carbonyl (C=O) groups excluding carboxylic acids is 1. The molecule has 2 amide bonds. The number of aliphatic hydroxyl groups excluding tert-OH is 1. The Morgan fingerprint density at radius 2 is 2.29 bits per heavy atom. The Morgan fingerprint density at radius 3 is 3.00 bits per heavy atom. The second-order valence-corrected chi connectivity index (χ2v) is 7.18. The molecule has 1 aromatic heterocycles. The highest BCUT2D eigenvalue weighted by Crippen LogP contribution is 2.30. The van der Waals surface area contributed by atoms with E-state index >= 15 is 0 Å². The van der Waals surface area contributed by atoms with Gasteiger partial charge in [-0.15, -0.1) is 11.3 Å². The van der Waals surface area contributed by atoms with Crippen LogP contribution >= 0.6 is 11.3 Å². The Balaban J connectivity index is 1.72. The van der Waals surface area contributed by atoms with Crippen LogP contribution in [0.5, 0.6) is 0 Å². The summed E-state index contributed by atoms with van der Waals surface area (Å²) in [5, 5.41) is 13.7. The highest BCUT2D eigenvalue weighted by molar-refractivity contribution is 7.11. The molecule has 0 fully saturated rings. The molecule has 0 radical (unpaired) electrons. The largest absolute Gasteiger partial charge is 0.394 e. The predicted molar refractivity (Wildman–Crippen MR) is 95.1 cm³/mol. The minimum atomic E-state index is -0.287. The second-order valence-electron chi connectivity index (χ2n) is 6.03. The second kappa shape index (κ2) is 7.32. The number of amides is 2. The molecule has 0 saturated heterocycles. The van der Waals surface area contributed by atoms with E-state index in [2.05, 4.69) is 23.3 Å². The number of hydrogen-bond donors (Lipinski definition) is 2. The van der Waals surface area contributed by atoms with Gasteiger partial charge >= 0.3 is 6.03 Å². The van der Waals surface area contributed by atoms with Crippen LogP contribution < -0.4 is 5.32 Å². The van der Waals surface area contributed by atoms with E-state index in [0.717, 1.165) is 23.4 Å². The number of hydrogen-bond acceptors (Lipinski definition) is 4. The van der Waals surface area contributed by atoms with Gasteiger partial charge in [-0.05, 0) is 30.9 Å². The Morgan fingerprint density at radius 1 is 1.50 bits per heavy atom. The van der Waals surface area contributed by atoms with E-state index < -0.39 is 0 Å². The van der Waals surface area contributed by atoms with Crippen LogP contribution in [-0.2, 0) is 12.8 Å². The average molecular weight is 345 g/mol. The smallest absolute Gasteiger partial charge is 0.318 e. The van der Waals surface area contributed by atoms with Crippen LogP contribution in [0.1, 0.15) is 46.9 Å². The molecule has 1 aromatic carbocycles. The van der Waals surface area contributed by atoms with Gasteiger partial charge in [0.05, 0.1) is 18.7 Å². The van der Waals surface area contributed by atoms with E-state index in [0.29, 0.717) is 6.54 Å². The van der Waals surface area contributed by atoms with Crippen molar-refractivity contribution in [2.24, 2.45) is 0 Å². The summed E-state index contributed by atoms with van der Waals surface area (Å²) in [7, 11) is 0. The number of thiazole rings is 1. The third kappa shape index (κ3) is 3.30. The normalized spacial score (nSPS) is 18.1. The van der Waals surface area contributed by atoms with Gasteiger partial charge in [-0.1, -0.05) is 31.2 Å². The van der Waals surface area contributed by atoms with E-state index in [1.54, 1.807) is 16.2 Å². The topological polar surface area (TPSA) is 65.5 Å². The number of benzene rings is 1. The lowest BCUT2D eigenvalue weighted by atomic mass is 9.93. The summed E-state index contributed by atoms with van der Waals surface area (Å²) < 4.78 is 0. The van der Waals surface area contributed by atoms with Crippen LogP contribution in [0.15, 0.2) is 30.5 Å². The van der Waals surface area contributed by atoms with Crippen LogP contribution in [-0.4, -0.2) is 34.2 Å². The number of nitrogens with one attached hydrogen (secondary N) is 1. The molecule has 3 rings (SSSR count). The molecule has 2 N–H and O–H groups in total. The van der Waals surface area contributed by atoms with Crippen molar-refractivity contribution >= 4 is 17.4 Å². The van der Waals surface area contributed by atoms with Crippen molar-refractivity contribution < 1.29 is 9.90 Å². The number of aryl methyl sites for hydroxylation is 1. The first kappa shape index (κ1) is 16.9. The molecule has 0 saturated carbocycles. The van der Waals surface area contributed by atoms with Gasteiger partial charge in [0.2, 0.25) is 0 Å². The third-order valence-electron chi connectivity index (χ3n) is 4.48. The fourth-order valence-electron chi connectivity index (χ4n) is 3.11. The summed E-state index contributed by atoms with van der Waals surface area (Å²) in [5.41, 5.74) is 2.25. The van der Waals surface area contributed by atoms with Crippen molar-refractivity contribution in [3.63, 3.8) is 0 Å². The molecule has 2 aromatic rings. The van der Waals surface area contributed by atoms with E-state index in [-0.39, 0.29) is 24.7 Å². The molecule has 1 aliphatic rings. The summed E-state index contributed by atoms with van der Waals surface area (Å²) in [5.74, 6) is 0. The Labute approximate surface area is 146 Å². The van der Waals surface area contributed by atoms with E-state index in [4.69, 9.17) is 0 Å². The predicted octanol–water partition coefficient (Wildman–Crippen LogP) is 3.07. The molecule has 2 atom stereocenters. The number of nitrogens with zero attached hydrogens (tertiary/aromatic N) is 2. The molecule has 2 heterocycles. The highest BCUT2D eigenvalue weighted by Gasteiger charge is 2.31. The van der Waals surface area contributed by atoms with E-state index in [9.17, 15) is 9.90 Å². The Bertz CT molecular complexity index is 716. The molecule has 0 bridgehead atoms. The number of aromatic nitrogens is 1. The number of aliphatic hydroxyl groups is 1. The monoisotopic (exact) mass is 345 g/mol. The molecule has 1 aliphatic heterocycles. The zero-order valence-corrected chi connectivity index (χ0v) is 14.8. The molecular weight excluding hydrogens is 322 g/mol. The Hall–Kier alpha value is -1.92. The summed E-state index contributed by atoms with van der Waals surface area (Å²) in [6.07, 6.45) is 3.63. The van der Waals surface area contributed by atoms with Gasteiger partial charge in [-0.2, -0.15) is 0 Å². The number of carbonyl (C=O) groups is 1. The maximum Gasteiger partial charge on any atom is 0.318 e. The van der Waals surface area contributed by atoms with Crippen LogP contribution in [0.25, 0.3) is 0 Å². The minimum Gasteiger partial charge on any atom is -0.394 e.